The predicted molar refractivity (Wildman–Crippen MR) is 60.1 cm³/mol. The van der Waals surface area contributed by atoms with Gasteiger partial charge in [-0.05, 0) is 31.1 Å². The molecule has 1 aliphatic heterocycles. The van der Waals surface area contributed by atoms with Crippen LogP contribution in [0.25, 0.3) is 0 Å². The van der Waals surface area contributed by atoms with Crippen LogP contribution in [0.2, 0.25) is 0 Å². The molecule has 3 unspecified atom stereocenters. The number of nitrogens with two attached hydrogens (primary N) is 1. The number of hydrogen-bond donors (Lipinski definition) is 1. The van der Waals surface area contributed by atoms with Crippen molar-refractivity contribution in [2.75, 3.05) is 13.1 Å². The minimum atomic E-state index is 0.441. The van der Waals surface area contributed by atoms with Crippen molar-refractivity contribution in [1.82, 2.24) is 4.90 Å². The highest BCUT2D eigenvalue weighted by Gasteiger charge is 2.35. The maximum atomic E-state index is 5.98. The molecule has 2 aliphatic rings. The third kappa shape index (κ3) is 1.96. The minimum Gasteiger partial charge on any atom is -0.326 e. The summed E-state index contributed by atoms with van der Waals surface area (Å²) in [5.41, 5.74) is 5.98. The highest BCUT2D eigenvalue weighted by Crippen LogP contribution is 2.34. The second kappa shape index (κ2) is 4.19. The maximum Gasteiger partial charge on any atom is 0.0180 e. The fourth-order valence-electron chi connectivity index (χ4n) is 3.47. The van der Waals surface area contributed by atoms with E-state index in [2.05, 4.69) is 18.7 Å². The molecule has 1 heterocycles. The molecule has 0 aromatic heterocycles. The SMILES string of the molecule is CC1CCCC(C)C1N1CCC(N)C1. The molecule has 0 radical (unpaired) electrons. The molecule has 2 N–H and O–H groups in total. The maximum absolute atomic E-state index is 5.98. The van der Waals surface area contributed by atoms with Crippen LogP contribution in [-0.4, -0.2) is 30.1 Å². The van der Waals surface area contributed by atoms with Gasteiger partial charge in [-0.3, -0.25) is 4.90 Å². The number of likely N-dealkylation sites (tertiary alicyclic amines) is 1. The first-order valence-corrected chi connectivity index (χ1v) is 6.18. The Labute approximate surface area is 87.8 Å². The van der Waals surface area contributed by atoms with Gasteiger partial charge >= 0.3 is 0 Å². The molecule has 82 valence electrons. The molecule has 0 spiro atoms. The Morgan fingerprint density at radius 2 is 1.71 bits per heavy atom. The number of nitrogens with zero attached hydrogens (tertiary/aromatic N) is 1. The highest BCUT2D eigenvalue weighted by molar-refractivity contribution is 4.90. The van der Waals surface area contributed by atoms with Gasteiger partial charge in [-0.2, -0.15) is 0 Å². The smallest absolute Gasteiger partial charge is 0.0180 e. The molecule has 2 heteroatoms. The molecule has 3 atom stereocenters. The average Bonchev–Trinajstić information content (AvgIpc) is 2.51. The molecule has 14 heavy (non-hydrogen) atoms. The van der Waals surface area contributed by atoms with Crippen LogP contribution in [0.15, 0.2) is 0 Å². The predicted octanol–water partition coefficient (Wildman–Crippen LogP) is 1.84. The van der Waals surface area contributed by atoms with Crippen molar-refractivity contribution in [3.8, 4) is 0 Å². The largest absolute Gasteiger partial charge is 0.326 e. The zero-order valence-electron chi connectivity index (χ0n) is 9.58. The molecule has 2 rings (SSSR count). The summed E-state index contributed by atoms with van der Waals surface area (Å²) in [6.07, 6.45) is 5.47. The summed E-state index contributed by atoms with van der Waals surface area (Å²) in [7, 11) is 0. The quantitative estimate of drug-likeness (QED) is 0.693. The van der Waals surface area contributed by atoms with Gasteiger partial charge in [0, 0.05) is 25.2 Å². The third-order valence-corrected chi connectivity index (χ3v) is 4.16. The Kier molecular flexibility index (Phi) is 3.13. The van der Waals surface area contributed by atoms with Crippen molar-refractivity contribution in [1.29, 1.82) is 0 Å². The van der Waals surface area contributed by atoms with Crippen LogP contribution in [0.1, 0.15) is 39.5 Å². The normalized spacial score (nSPS) is 45.6. The third-order valence-electron chi connectivity index (χ3n) is 4.16. The van der Waals surface area contributed by atoms with Crippen LogP contribution in [0.5, 0.6) is 0 Å². The first kappa shape index (κ1) is 10.4. The molecule has 1 aliphatic carbocycles. The summed E-state index contributed by atoms with van der Waals surface area (Å²) < 4.78 is 0. The Bertz CT molecular complexity index is 183. The summed E-state index contributed by atoms with van der Waals surface area (Å²) in [5, 5.41) is 0. The minimum absolute atomic E-state index is 0.441. The van der Waals surface area contributed by atoms with Gasteiger partial charge in [0.1, 0.15) is 0 Å². The van der Waals surface area contributed by atoms with Gasteiger partial charge in [-0.25, -0.2) is 0 Å². The van der Waals surface area contributed by atoms with Gasteiger partial charge in [0.25, 0.3) is 0 Å². The number of rotatable bonds is 1. The van der Waals surface area contributed by atoms with Gasteiger partial charge in [0.15, 0.2) is 0 Å². The van der Waals surface area contributed by atoms with Crippen LogP contribution >= 0.6 is 0 Å². The molecule has 1 saturated heterocycles. The zero-order valence-corrected chi connectivity index (χ0v) is 9.58. The molecule has 2 fully saturated rings. The van der Waals surface area contributed by atoms with E-state index in [0.717, 1.165) is 24.4 Å². The Morgan fingerprint density at radius 1 is 1.07 bits per heavy atom. The number of hydrogen-bond acceptors (Lipinski definition) is 2. The zero-order chi connectivity index (χ0) is 10.1. The molecule has 1 saturated carbocycles. The lowest BCUT2D eigenvalue weighted by Gasteiger charge is -2.40. The van der Waals surface area contributed by atoms with Gasteiger partial charge in [0.05, 0.1) is 0 Å². The first-order chi connectivity index (χ1) is 6.68. The van der Waals surface area contributed by atoms with Crippen molar-refractivity contribution in [3.63, 3.8) is 0 Å². The monoisotopic (exact) mass is 196 g/mol. The molecule has 0 aromatic rings. The second-order valence-electron chi connectivity index (χ2n) is 5.42. The van der Waals surface area contributed by atoms with Gasteiger partial charge in [-0.1, -0.05) is 20.3 Å². The van der Waals surface area contributed by atoms with E-state index in [1.807, 2.05) is 0 Å². The summed E-state index contributed by atoms with van der Waals surface area (Å²) in [6, 6.07) is 1.26. The Hall–Kier alpha value is -0.0800. The van der Waals surface area contributed by atoms with Gasteiger partial charge in [0.2, 0.25) is 0 Å². The summed E-state index contributed by atoms with van der Waals surface area (Å²) in [5.74, 6) is 1.76. The summed E-state index contributed by atoms with van der Waals surface area (Å²) >= 11 is 0. The van der Waals surface area contributed by atoms with E-state index in [-0.39, 0.29) is 0 Å². The van der Waals surface area contributed by atoms with Gasteiger partial charge < -0.3 is 5.73 Å². The van der Waals surface area contributed by atoms with Crippen molar-refractivity contribution >= 4 is 0 Å². The molecular weight excluding hydrogens is 172 g/mol. The molecular formula is C12H24N2. The highest BCUT2D eigenvalue weighted by atomic mass is 15.2. The van der Waals surface area contributed by atoms with E-state index in [9.17, 15) is 0 Å². The Balaban J connectivity index is 1.99. The van der Waals surface area contributed by atoms with Crippen molar-refractivity contribution < 1.29 is 0 Å². The molecule has 0 bridgehead atoms. The van der Waals surface area contributed by atoms with Gasteiger partial charge in [-0.15, -0.1) is 0 Å². The fraction of sp³-hybridized carbons (Fsp3) is 1.00. The van der Waals surface area contributed by atoms with E-state index in [1.54, 1.807) is 0 Å². The van der Waals surface area contributed by atoms with Crippen LogP contribution in [0.3, 0.4) is 0 Å². The lowest BCUT2D eigenvalue weighted by molar-refractivity contribution is 0.0891. The second-order valence-corrected chi connectivity index (χ2v) is 5.42. The fourth-order valence-corrected chi connectivity index (χ4v) is 3.47. The van der Waals surface area contributed by atoms with E-state index >= 15 is 0 Å². The van der Waals surface area contributed by atoms with Crippen molar-refractivity contribution in [2.24, 2.45) is 17.6 Å². The van der Waals surface area contributed by atoms with E-state index < -0.39 is 0 Å². The van der Waals surface area contributed by atoms with E-state index in [4.69, 9.17) is 5.73 Å². The van der Waals surface area contributed by atoms with Crippen LogP contribution < -0.4 is 5.73 Å². The van der Waals surface area contributed by atoms with E-state index in [1.165, 1.54) is 32.2 Å². The molecule has 0 aromatic carbocycles. The lowest BCUT2D eigenvalue weighted by atomic mass is 9.78. The van der Waals surface area contributed by atoms with Crippen molar-refractivity contribution in [3.05, 3.63) is 0 Å². The summed E-state index contributed by atoms with van der Waals surface area (Å²) in [4.78, 5) is 2.65. The first-order valence-electron chi connectivity index (χ1n) is 6.18. The van der Waals surface area contributed by atoms with Crippen molar-refractivity contribution in [2.45, 2.75) is 51.6 Å². The standard InChI is InChI=1S/C12H24N2/c1-9-4-3-5-10(2)12(9)14-7-6-11(13)8-14/h9-12H,3-8,13H2,1-2H3. The molecule has 2 nitrogen and oxygen atoms in total. The van der Waals surface area contributed by atoms with E-state index in [0.29, 0.717) is 6.04 Å². The van der Waals surface area contributed by atoms with Crippen LogP contribution in [0.4, 0.5) is 0 Å². The summed E-state index contributed by atoms with van der Waals surface area (Å²) in [6.45, 7) is 7.22. The Morgan fingerprint density at radius 3 is 2.21 bits per heavy atom. The van der Waals surface area contributed by atoms with Crippen LogP contribution in [0, 0.1) is 11.8 Å². The van der Waals surface area contributed by atoms with Crippen LogP contribution in [-0.2, 0) is 0 Å². The molecule has 0 amide bonds. The lowest BCUT2D eigenvalue weighted by Crippen LogP contribution is -2.45. The topological polar surface area (TPSA) is 29.3 Å². The average molecular weight is 196 g/mol.